The maximum absolute atomic E-state index is 6.15. The molecule has 10 aromatic carbocycles. The van der Waals surface area contributed by atoms with Crippen LogP contribution in [-0.2, 0) is 0 Å². The summed E-state index contributed by atoms with van der Waals surface area (Å²) < 4.78 is 6.15. The Kier molecular flexibility index (Phi) is 8.19. The molecule has 0 unspecified atom stereocenters. The molecule has 0 spiro atoms. The minimum absolute atomic E-state index is 0.903. The third kappa shape index (κ3) is 5.82. The highest BCUT2D eigenvalue weighted by Gasteiger charge is 2.21. The van der Waals surface area contributed by atoms with E-state index in [9.17, 15) is 0 Å². The Balaban J connectivity index is 1.08. The highest BCUT2D eigenvalue weighted by molar-refractivity contribution is 6.09. The average molecular weight is 740 g/mol. The molecule has 0 fully saturated rings. The minimum Gasteiger partial charge on any atom is -0.456 e. The lowest BCUT2D eigenvalue weighted by Crippen LogP contribution is -2.11. The predicted octanol–water partition coefficient (Wildman–Crippen LogP) is 16.0. The van der Waals surface area contributed by atoms with Crippen molar-refractivity contribution in [2.24, 2.45) is 0 Å². The molecule has 11 aromatic rings. The van der Waals surface area contributed by atoms with Gasteiger partial charge in [0.05, 0.1) is 5.69 Å². The molecule has 0 saturated heterocycles. The van der Waals surface area contributed by atoms with Crippen LogP contribution in [0.2, 0.25) is 0 Å². The van der Waals surface area contributed by atoms with Crippen molar-refractivity contribution < 1.29 is 4.42 Å². The fourth-order valence-electron chi connectivity index (χ4n) is 8.71. The van der Waals surface area contributed by atoms with Crippen LogP contribution in [-0.4, -0.2) is 0 Å². The number of nitrogens with zero attached hydrogens (tertiary/aromatic N) is 1. The first kappa shape index (κ1) is 33.6. The number of benzene rings is 10. The van der Waals surface area contributed by atoms with Gasteiger partial charge in [-0.05, 0) is 109 Å². The number of hydrogen-bond donors (Lipinski definition) is 0. The van der Waals surface area contributed by atoms with E-state index in [2.05, 4.69) is 217 Å². The van der Waals surface area contributed by atoms with Gasteiger partial charge >= 0.3 is 0 Å². The molecular weight excluding hydrogens is 703 g/mol. The largest absolute Gasteiger partial charge is 0.456 e. The van der Waals surface area contributed by atoms with Gasteiger partial charge in [-0.1, -0.05) is 176 Å². The number of para-hydroxylation sites is 2. The first-order chi connectivity index (χ1) is 28.8. The Morgan fingerprint density at radius 1 is 0.276 bits per heavy atom. The number of furan rings is 1. The summed E-state index contributed by atoms with van der Waals surface area (Å²) in [5.74, 6) is 0. The molecule has 0 aliphatic heterocycles. The molecule has 0 aliphatic carbocycles. The second-order valence-corrected chi connectivity index (χ2v) is 14.9. The van der Waals surface area contributed by atoms with Crippen LogP contribution in [0.15, 0.2) is 229 Å². The molecule has 0 aliphatic rings. The van der Waals surface area contributed by atoms with Crippen LogP contribution < -0.4 is 4.90 Å². The second kappa shape index (κ2) is 14.1. The van der Waals surface area contributed by atoms with Gasteiger partial charge in [0.1, 0.15) is 11.2 Å². The lowest BCUT2D eigenvalue weighted by atomic mass is 9.88. The smallest absolute Gasteiger partial charge is 0.135 e. The zero-order valence-electron chi connectivity index (χ0n) is 31.7. The van der Waals surface area contributed by atoms with Crippen LogP contribution in [0.4, 0.5) is 17.1 Å². The van der Waals surface area contributed by atoms with E-state index in [-0.39, 0.29) is 0 Å². The lowest BCUT2D eigenvalue weighted by Gasteiger charge is -2.29. The molecule has 2 heteroatoms. The molecule has 0 N–H and O–H groups in total. The molecule has 0 radical (unpaired) electrons. The van der Waals surface area contributed by atoms with E-state index in [1.165, 1.54) is 49.4 Å². The van der Waals surface area contributed by atoms with Crippen molar-refractivity contribution in [3.63, 3.8) is 0 Å². The Morgan fingerprint density at radius 2 is 0.828 bits per heavy atom. The standard InChI is InChI=1S/C56H37NO/c1-2-14-39(15-3-1)46-18-6-7-19-48(46)49-20-8-9-21-50(49)51-22-10-12-24-54(51)57(44-33-34-47-42(36-44)27-26-40-16-4-5-17-45(40)47)43-31-28-38(29-32-43)41-30-35-56-53(37-41)52-23-11-13-25-55(52)58-56/h1-37H. The van der Waals surface area contributed by atoms with Crippen LogP contribution in [0.25, 0.3) is 88.0 Å². The first-order valence-electron chi connectivity index (χ1n) is 19.8. The molecule has 272 valence electrons. The van der Waals surface area contributed by atoms with E-state index in [0.717, 1.165) is 55.7 Å². The van der Waals surface area contributed by atoms with E-state index >= 15 is 0 Å². The van der Waals surface area contributed by atoms with Gasteiger partial charge < -0.3 is 9.32 Å². The summed E-state index contributed by atoms with van der Waals surface area (Å²) in [6.07, 6.45) is 0. The third-order valence-electron chi connectivity index (χ3n) is 11.5. The fourth-order valence-corrected chi connectivity index (χ4v) is 8.71. The van der Waals surface area contributed by atoms with E-state index in [4.69, 9.17) is 4.42 Å². The number of rotatable bonds is 7. The van der Waals surface area contributed by atoms with Gasteiger partial charge in [-0.25, -0.2) is 0 Å². The van der Waals surface area contributed by atoms with E-state index in [1.54, 1.807) is 0 Å². The Hall–Kier alpha value is -7.68. The molecule has 0 amide bonds. The summed E-state index contributed by atoms with van der Waals surface area (Å²) in [4.78, 5) is 2.42. The second-order valence-electron chi connectivity index (χ2n) is 14.9. The quantitative estimate of drug-likeness (QED) is 0.151. The fraction of sp³-hybridized carbons (Fsp3) is 0. The molecule has 1 aromatic heterocycles. The Bertz CT molecular complexity index is 3290. The summed E-state index contributed by atoms with van der Waals surface area (Å²) in [6.45, 7) is 0. The first-order valence-corrected chi connectivity index (χ1v) is 19.8. The van der Waals surface area contributed by atoms with Crippen molar-refractivity contribution in [2.45, 2.75) is 0 Å². The maximum Gasteiger partial charge on any atom is 0.135 e. The normalized spacial score (nSPS) is 11.4. The minimum atomic E-state index is 0.903. The van der Waals surface area contributed by atoms with Crippen molar-refractivity contribution in [3.8, 4) is 44.5 Å². The lowest BCUT2D eigenvalue weighted by molar-refractivity contribution is 0.669. The highest BCUT2D eigenvalue weighted by atomic mass is 16.3. The molecule has 0 bridgehead atoms. The predicted molar refractivity (Wildman–Crippen MR) is 245 cm³/mol. The summed E-state index contributed by atoms with van der Waals surface area (Å²) in [7, 11) is 0. The molecule has 2 nitrogen and oxygen atoms in total. The van der Waals surface area contributed by atoms with Crippen molar-refractivity contribution in [3.05, 3.63) is 224 Å². The Morgan fingerprint density at radius 3 is 1.64 bits per heavy atom. The molecule has 0 saturated carbocycles. The summed E-state index contributed by atoms with van der Waals surface area (Å²) in [5.41, 5.74) is 14.5. The number of hydrogen-bond acceptors (Lipinski definition) is 2. The maximum atomic E-state index is 6.15. The zero-order valence-corrected chi connectivity index (χ0v) is 31.7. The molecule has 0 atom stereocenters. The van der Waals surface area contributed by atoms with Gasteiger partial charge in [0.25, 0.3) is 0 Å². The van der Waals surface area contributed by atoms with Crippen molar-refractivity contribution >= 4 is 60.5 Å². The van der Waals surface area contributed by atoms with Crippen LogP contribution in [0.3, 0.4) is 0 Å². The summed E-state index contributed by atoms with van der Waals surface area (Å²) in [5, 5.41) is 7.22. The molecule has 58 heavy (non-hydrogen) atoms. The SMILES string of the molecule is c1ccc(-c2ccccc2-c2ccccc2-c2ccccc2N(c2ccc(-c3ccc4oc5ccccc5c4c3)cc2)c2ccc3c(ccc4ccccc43)c2)cc1. The van der Waals surface area contributed by atoms with Crippen LogP contribution in [0.1, 0.15) is 0 Å². The molecule has 11 rings (SSSR count). The van der Waals surface area contributed by atoms with Gasteiger partial charge in [0.15, 0.2) is 0 Å². The van der Waals surface area contributed by atoms with Gasteiger partial charge in [0, 0.05) is 27.7 Å². The van der Waals surface area contributed by atoms with Crippen LogP contribution in [0, 0.1) is 0 Å². The summed E-state index contributed by atoms with van der Waals surface area (Å²) >= 11 is 0. The van der Waals surface area contributed by atoms with Crippen LogP contribution >= 0.6 is 0 Å². The average Bonchev–Trinajstić information content (AvgIpc) is 3.68. The van der Waals surface area contributed by atoms with E-state index in [1.807, 2.05) is 12.1 Å². The van der Waals surface area contributed by atoms with Crippen molar-refractivity contribution in [2.75, 3.05) is 4.90 Å². The molecular formula is C56H37NO. The van der Waals surface area contributed by atoms with Gasteiger partial charge in [0.2, 0.25) is 0 Å². The van der Waals surface area contributed by atoms with Crippen LogP contribution in [0.5, 0.6) is 0 Å². The Labute approximate surface area is 337 Å². The van der Waals surface area contributed by atoms with E-state index < -0.39 is 0 Å². The zero-order chi connectivity index (χ0) is 38.4. The number of anilines is 3. The van der Waals surface area contributed by atoms with Crippen molar-refractivity contribution in [1.29, 1.82) is 0 Å². The highest BCUT2D eigenvalue weighted by Crippen LogP contribution is 2.46. The van der Waals surface area contributed by atoms with Crippen molar-refractivity contribution in [1.82, 2.24) is 0 Å². The molecule has 1 heterocycles. The van der Waals surface area contributed by atoms with E-state index in [0.29, 0.717) is 0 Å². The van der Waals surface area contributed by atoms with Gasteiger partial charge in [-0.15, -0.1) is 0 Å². The summed E-state index contributed by atoms with van der Waals surface area (Å²) in [6, 6.07) is 80.9. The topological polar surface area (TPSA) is 16.4 Å². The third-order valence-corrected chi connectivity index (χ3v) is 11.5. The monoisotopic (exact) mass is 739 g/mol. The van der Waals surface area contributed by atoms with Gasteiger partial charge in [-0.3, -0.25) is 0 Å². The number of fused-ring (bicyclic) bond motifs is 6. The van der Waals surface area contributed by atoms with Gasteiger partial charge in [-0.2, -0.15) is 0 Å².